The van der Waals surface area contributed by atoms with Crippen molar-refractivity contribution in [2.24, 2.45) is 0 Å². The van der Waals surface area contributed by atoms with Gasteiger partial charge in [-0.15, -0.1) is 0 Å². The third-order valence-electron chi connectivity index (χ3n) is 3.75. The fraction of sp³-hybridized carbons (Fsp3) is 0.235. The van der Waals surface area contributed by atoms with Gasteiger partial charge in [0, 0.05) is 11.6 Å². The first-order chi connectivity index (χ1) is 11.9. The normalized spacial score (nSPS) is 14.0. The number of carbonyl (C=O) groups is 1. The summed E-state index contributed by atoms with van der Waals surface area (Å²) in [7, 11) is -2.54. The molecule has 0 unspecified atom stereocenters. The number of ether oxygens (including phenoxy) is 1. The Labute approximate surface area is 151 Å². The predicted octanol–water partition coefficient (Wildman–Crippen LogP) is 3.04. The Hall–Kier alpha value is -2.25. The van der Waals surface area contributed by atoms with Crippen molar-refractivity contribution in [3.8, 4) is 5.75 Å². The van der Waals surface area contributed by atoms with Gasteiger partial charge in [-0.1, -0.05) is 23.7 Å². The Bertz CT molecular complexity index is 911. The van der Waals surface area contributed by atoms with Crippen molar-refractivity contribution in [1.82, 2.24) is 5.32 Å². The summed E-state index contributed by atoms with van der Waals surface area (Å²) in [5.41, 5.74) is 0.533. The zero-order valence-corrected chi connectivity index (χ0v) is 15.0. The lowest BCUT2D eigenvalue weighted by molar-refractivity contribution is 0.0951. The number of nitrogens with one attached hydrogen (secondary N) is 2. The Balaban J connectivity index is 1.91. The van der Waals surface area contributed by atoms with Crippen LogP contribution in [0.4, 0.5) is 5.69 Å². The van der Waals surface area contributed by atoms with Crippen molar-refractivity contribution < 1.29 is 17.9 Å². The van der Waals surface area contributed by atoms with E-state index in [0.717, 1.165) is 12.8 Å². The number of benzene rings is 2. The second-order valence-electron chi connectivity index (χ2n) is 5.70. The van der Waals surface area contributed by atoms with Crippen molar-refractivity contribution in [3.63, 3.8) is 0 Å². The molecule has 0 radical (unpaired) electrons. The van der Waals surface area contributed by atoms with Crippen molar-refractivity contribution in [2.75, 3.05) is 11.8 Å². The number of anilines is 1. The Kier molecular flexibility index (Phi) is 4.87. The van der Waals surface area contributed by atoms with E-state index in [1.165, 1.54) is 25.3 Å². The molecule has 25 heavy (non-hydrogen) atoms. The van der Waals surface area contributed by atoms with Gasteiger partial charge in [0.25, 0.3) is 15.9 Å². The second kappa shape index (κ2) is 6.93. The molecule has 2 aromatic carbocycles. The van der Waals surface area contributed by atoms with Crippen LogP contribution in [0.3, 0.4) is 0 Å². The fourth-order valence-corrected chi connectivity index (χ4v) is 3.87. The van der Waals surface area contributed by atoms with Gasteiger partial charge in [-0.25, -0.2) is 8.42 Å². The summed E-state index contributed by atoms with van der Waals surface area (Å²) in [6.07, 6.45) is 1.89. The molecule has 0 saturated heterocycles. The number of halogens is 1. The van der Waals surface area contributed by atoms with E-state index in [-0.39, 0.29) is 33.1 Å². The number of methoxy groups -OCH3 is 1. The summed E-state index contributed by atoms with van der Waals surface area (Å²) in [6.45, 7) is 0. The minimum atomic E-state index is -3.99. The topological polar surface area (TPSA) is 84.5 Å². The fourth-order valence-electron chi connectivity index (χ4n) is 2.28. The van der Waals surface area contributed by atoms with Gasteiger partial charge < -0.3 is 10.1 Å². The molecule has 3 rings (SSSR count). The van der Waals surface area contributed by atoms with E-state index in [4.69, 9.17) is 16.3 Å². The average molecular weight is 381 g/mol. The van der Waals surface area contributed by atoms with Crippen LogP contribution >= 0.6 is 11.6 Å². The van der Waals surface area contributed by atoms with Crippen LogP contribution in [0.25, 0.3) is 0 Å². The number of amides is 1. The summed E-state index contributed by atoms with van der Waals surface area (Å²) in [4.78, 5) is 12.0. The van der Waals surface area contributed by atoms with Crippen molar-refractivity contribution in [2.45, 2.75) is 23.8 Å². The molecule has 0 atom stereocenters. The lowest BCUT2D eigenvalue weighted by atomic mass is 10.2. The number of para-hydroxylation sites is 2. The highest BCUT2D eigenvalue weighted by molar-refractivity contribution is 7.92. The Morgan fingerprint density at radius 1 is 1.20 bits per heavy atom. The smallest absolute Gasteiger partial charge is 0.263 e. The molecule has 132 valence electrons. The van der Waals surface area contributed by atoms with E-state index in [2.05, 4.69) is 10.0 Å². The molecular formula is C17H17ClN2O4S. The SMILES string of the molecule is COc1ccccc1NS(=O)(=O)c1cc(C(=O)NC2CC2)ccc1Cl. The number of rotatable bonds is 6. The maximum Gasteiger partial charge on any atom is 0.263 e. The van der Waals surface area contributed by atoms with E-state index in [1.54, 1.807) is 24.3 Å². The molecule has 6 nitrogen and oxygen atoms in total. The molecular weight excluding hydrogens is 364 g/mol. The summed E-state index contributed by atoms with van der Waals surface area (Å²) in [5.74, 6) is 0.0673. The largest absolute Gasteiger partial charge is 0.495 e. The van der Waals surface area contributed by atoms with Crippen LogP contribution in [0, 0.1) is 0 Å². The summed E-state index contributed by atoms with van der Waals surface area (Å²) < 4.78 is 33.0. The molecule has 0 bridgehead atoms. The van der Waals surface area contributed by atoms with Crippen LogP contribution < -0.4 is 14.8 Å². The maximum atomic E-state index is 12.7. The molecule has 2 N–H and O–H groups in total. The van der Waals surface area contributed by atoms with Gasteiger partial charge >= 0.3 is 0 Å². The van der Waals surface area contributed by atoms with Crippen LogP contribution in [0.2, 0.25) is 5.02 Å². The van der Waals surface area contributed by atoms with Gasteiger partial charge in [0.2, 0.25) is 0 Å². The van der Waals surface area contributed by atoms with Gasteiger partial charge in [-0.3, -0.25) is 9.52 Å². The third-order valence-corrected chi connectivity index (χ3v) is 5.59. The van der Waals surface area contributed by atoms with E-state index >= 15 is 0 Å². The minimum absolute atomic E-state index is 0.0327. The zero-order valence-electron chi connectivity index (χ0n) is 13.5. The molecule has 0 aromatic heterocycles. The Morgan fingerprint density at radius 3 is 2.60 bits per heavy atom. The highest BCUT2D eigenvalue weighted by Gasteiger charge is 2.26. The standard InChI is InChI=1S/C17H17ClN2O4S/c1-24-15-5-3-2-4-14(15)20-25(22,23)16-10-11(6-9-13(16)18)17(21)19-12-7-8-12/h2-6,9-10,12,20H,7-8H2,1H3,(H,19,21). The lowest BCUT2D eigenvalue weighted by Crippen LogP contribution is -2.25. The molecule has 1 aliphatic rings. The van der Waals surface area contributed by atoms with Crippen LogP contribution in [0.5, 0.6) is 5.75 Å². The molecule has 0 spiro atoms. The second-order valence-corrected chi connectivity index (χ2v) is 7.76. The number of sulfonamides is 1. The highest BCUT2D eigenvalue weighted by Crippen LogP contribution is 2.29. The molecule has 2 aromatic rings. The number of carbonyl (C=O) groups excluding carboxylic acids is 1. The average Bonchev–Trinajstić information content (AvgIpc) is 3.39. The monoisotopic (exact) mass is 380 g/mol. The first kappa shape index (κ1) is 17.6. The van der Waals surface area contributed by atoms with Gasteiger partial charge in [0.05, 0.1) is 17.8 Å². The first-order valence-electron chi connectivity index (χ1n) is 7.67. The molecule has 0 aliphatic heterocycles. The quantitative estimate of drug-likeness (QED) is 0.806. The van der Waals surface area contributed by atoms with Gasteiger partial charge in [-0.2, -0.15) is 0 Å². The molecule has 8 heteroatoms. The van der Waals surface area contributed by atoms with Crippen LogP contribution in [-0.4, -0.2) is 27.5 Å². The summed E-state index contributed by atoms with van der Waals surface area (Å²) in [6, 6.07) is 11.0. The molecule has 0 heterocycles. The van der Waals surface area contributed by atoms with E-state index in [0.29, 0.717) is 5.75 Å². The van der Waals surface area contributed by atoms with Gasteiger partial charge in [0.1, 0.15) is 10.6 Å². The molecule has 1 fully saturated rings. The highest BCUT2D eigenvalue weighted by atomic mass is 35.5. The Morgan fingerprint density at radius 2 is 1.92 bits per heavy atom. The lowest BCUT2D eigenvalue weighted by Gasteiger charge is -2.13. The minimum Gasteiger partial charge on any atom is -0.495 e. The predicted molar refractivity (Wildman–Crippen MR) is 95.7 cm³/mol. The molecule has 1 amide bonds. The molecule has 1 saturated carbocycles. The van der Waals surface area contributed by atoms with Crippen molar-refractivity contribution in [1.29, 1.82) is 0 Å². The van der Waals surface area contributed by atoms with Crippen molar-refractivity contribution >= 4 is 33.2 Å². The maximum absolute atomic E-state index is 12.7. The van der Waals surface area contributed by atoms with Crippen molar-refractivity contribution in [3.05, 3.63) is 53.1 Å². The third kappa shape index (κ3) is 4.05. The van der Waals surface area contributed by atoms with Gasteiger partial charge in [0.15, 0.2) is 0 Å². The van der Waals surface area contributed by atoms with Crippen LogP contribution in [0.15, 0.2) is 47.4 Å². The number of hydrogen-bond donors (Lipinski definition) is 2. The summed E-state index contributed by atoms with van der Waals surface area (Å²) >= 11 is 6.06. The van der Waals surface area contributed by atoms with Crippen LogP contribution in [0.1, 0.15) is 23.2 Å². The number of hydrogen-bond acceptors (Lipinski definition) is 4. The van der Waals surface area contributed by atoms with E-state index in [1.807, 2.05) is 0 Å². The molecule has 1 aliphatic carbocycles. The van der Waals surface area contributed by atoms with Gasteiger partial charge in [-0.05, 0) is 43.2 Å². The zero-order chi connectivity index (χ0) is 18.0. The first-order valence-corrected chi connectivity index (χ1v) is 9.53. The van der Waals surface area contributed by atoms with Crippen LogP contribution in [-0.2, 0) is 10.0 Å². The summed E-state index contributed by atoms with van der Waals surface area (Å²) in [5, 5.41) is 2.85. The van der Waals surface area contributed by atoms with E-state index < -0.39 is 10.0 Å². The van der Waals surface area contributed by atoms with E-state index in [9.17, 15) is 13.2 Å².